The number of amides is 1. The lowest BCUT2D eigenvalue weighted by Gasteiger charge is -2.39. The lowest BCUT2D eigenvalue weighted by Crippen LogP contribution is -2.48. The molecule has 0 aliphatic carbocycles. The molecule has 1 amide bonds. The van der Waals surface area contributed by atoms with Gasteiger partial charge >= 0.3 is 5.97 Å². The molecule has 108 valence electrons. The first-order chi connectivity index (χ1) is 8.92. The number of likely N-dealkylation sites (tertiary alicyclic amines) is 2. The molecular formula is C14H24N2O3. The van der Waals surface area contributed by atoms with E-state index >= 15 is 0 Å². The number of carboxylic acids is 1. The van der Waals surface area contributed by atoms with Crippen molar-refractivity contribution in [1.29, 1.82) is 0 Å². The predicted molar refractivity (Wildman–Crippen MR) is 71.8 cm³/mol. The van der Waals surface area contributed by atoms with Crippen LogP contribution in [0.15, 0.2) is 0 Å². The number of hydrogen-bond acceptors (Lipinski definition) is 3. The van der Waals surface area contributed by atoms with E-state index < -0.39 is 11.4 Å². The van der Waals surface area contributed by atoms with E-state index in [-0.39, 0.29) is 11.8 Å². The van der Waals surface area contributed by atoms with E-state index in [1.165, 1.54) is 0 Å². The lowest BCUT2D eigenvalue weighted by atomic mass is 9.80. The molecule has 0 bridgehead atoms. The summed E-state index contributed by atoms with van der Waals surface area (Å²) in [5.74, 6) is -0.357. The molecule has 19 heavy (non-hydrogen) atoms. The number of hydrogen-bond donors (Lipinski definition) is 1. The fourth-order valence-corrected chi connectivity index (χ4v) is 2.95. The minimum atomic E-state index is -0.737. The van der Waals surface area contributed by atoms with Gasteiger partial charge in [0.25, 0.3) is 0 Å². The van der Waals surface area contributed by atoms with Crippen LogP contribution in [0.4, 0.5) is 0 Å². The smallest absolute Gasteiger partial charge is 0.309 e. The summed E-state index contributed by atoms with van der Waals surface area (Å²) in [5.41, 5.74) is -0.649. The third kappa shape index (κ3) is 3.08. The fourth-order valence-electron chi connectivity index (χ4n) is 2.95. The van der Waals surface area contributed by atoms with Crippen LogP contribution in [-0.2, 0) is 9.59 Å². The van der Waals surface area contributed by atoms with Crippen LogP contribution < -0.4 is 0 Å². The summed E-state index contributed by atoms with van der Waals surface area (Å²) in [4.78, 5) is 27.7. The largest absolute Gasteiger partial charge is 0.481 e. The molecule has 2 heterocycles. The molecule has 0 unspecified atom stereocenters. The Balaban J connectivity index is 1.87. The third-order valence-electron chi connectivity index (χ3n) is 4.76. The Kier molecular flexibility index (Phi) is 4.13. The van der Waals surface area contributed by atoms with Gasteiger partial charge in [-0.3, -0.25) is 9.59 Å². The first kappa shape index (κ1) is 14.3. The summed E-state index contributed by atoms with van der Waals surface area (Å²) in [5, 5.41) is 9.19. The number of piperidine rings is 2. The summed E-state index contributed by atoms with van der Waals surface area (Å²) in [6.07, 6.45) is 3.01. The summed E-state index contributed by atoms with van der Waals surface area (Å²) in [6, 6.07) is 0. The van der Waals surface area contributed by atoms with Gasteiger partial charge in [0, 0.05) is 19.0 Å². The predicted octanol–water partition coefficient (Wildman–Crippen LogP) is 1.04. The van der Waals surface area contributed by atoms with Gasteiger partial charge < -0.3 is 14.9 Å². The SMILES string of the molecule is CN1CCC(C(=O)N2CCC(C)(C(=O)O)CC2)CC1. The van der Waals surface area contributed by atoms with Crippen LogP contribution in [0.25, 0.3) is 0 Å². The molecule has 0 spiro atoms. The van der Waals surface area contributed by atoms with Crippen LogP contribution in [0.2, 0.25) is 0 Å². The van der Waals surface area contributed by atoms with Crippen LogP contribution in [0, 0.1) is 11.3 Å². The highest BCUT2D eigenvalue weighted by Crippen LogP contribution is 2.32. The van der Waals surface area contributed by atoms with E-state index in [0.717, 1.165) is 25.9 Å². The second kappa shape index (κ2) is 5.49. The molecule has 0 aromatic rings. The van der Waals surface area contributed by atoms with E-state index in [9.17, 15) is 14.7 Å². The van der Waals surface area contributed by atoms with Crippen molar-refractivity contribution in [2.45, 2.75) is 32.6 Å². The van der Waals surface area contributed by atoms with Gasteiger partial charge in [-0.25, -0.2) is 0 Å². The van der Waals surface area contributed by atoms with Crippen molar-refractivity contribution in [2.24, 2.45) is 11.3 Å². The van der Waals surface area contributed by atoms with E-state index in [1.54, 1.807) is 6.92 Å². The van der Waals surface area contributed by atoms with E-state index in [0.29, 0.717) is 25.9 Å². The second-order valence-electron chi connectivity index (χ2n) is 6.27. The normalized spacial score (nSPS) is 25.3. The summed E-state index contributed by atoms with van der Waals surface area (Å²) in [6.45, 7) is 4.93. The molecule has 0 saturated carbocycles. The Hall–Kier alpha value is -1.10. The number of carbonyl (C=O) groups is 2. The maximum Gasteiger partial charge on any atom is 0.309 e. The molecule has 0 aromatic heterocycles. The average molecular weight is 268 g/mol. The molecule has 2 aliphatic heterocycles. The number of nitrogens with zero attached hydrogens (tertiary/aromatic N) is 2. The molecule has 1 N–H and O–H groups in total. The number of carbonyl (C=O) groups excluding carboxylic acids is 1. The Morgan fingerprint density at radius 2 is 1.63 bits per heavy atom. The van der Waals surface area contributed by atoms with Crippen molar-refractivity contribution in [3.8, 4) is 0 Å². The lowest BCUT2D eigenvalue weighted by molar-refractivity contribution is -0.154. The van der Waals surface area contributed by atoms with E-state index in [4.69, 9.17) is 0 Å². The molecular weight excluding hydrogens is 244 g/mol. The van der Waals surface area contributed by atoms with Crippen LogP contribution in [0.5, 0.6) is 0 Å². The van der Waals surface area contributed by atoms with Crippen LogP contribution in [0.1, 0.15) is 32.6 Å². The van der Waals surface area contributed by atoms with Crippen molar-refractivity contribution in [2.75, 3.05) is 33.2 Å². The first-order valence-corrected chi connectivity index (χ1v) is 7.13. The number of rotatable bonds is 2. The monoisotopic (exact) mass is 268 g/mol. The van der Waals surface area contributed by atoms with Gasteiger partial charge in [-0.15, -0.1) is 0 Å². The summed E-state index contributed by atoms with van der Waals surface area (Å²) >= 11 is 0. The van der Waals surface area contributed by atoms with Crippen LogP contribution in [0.3, 0.4) is 0 Å². The summed E-state index contributed by atoms with van der Waals surface area (Å²) in [7, 11) is 2.08. The first-order valence-electron chi connectivity index (χ1n) is 7.13. The highest BCUT2D eigenvalue weighted by atomic mass is 16.4. The molecule has 5 nitrogen and oxygen atoms in total. The van der Waals surface area contributed by atoms with E-state index in [1.807, 2.05) is 4.90 Å². The van der Waals surface area contributed by atoms with Crippen LogP contribution in [-0.4, -0.2) is 60.0 Å². The molecule has 2 saturated heterocycles. The van der Waals surface area contributed by atoms with Gasteiger partial charge in [0.05, 0.1) is 5.41 Å². The minimum absolute atomic E-state index is 0.144. The van der Waals surface area contributed by atoms with Gasteiger partial charge in [-0.05, 0) is 52.7 Å². The Labute approximate surface area is 114 Å². The molecule has 2 rings (SSSR count). The summed E-state index contributed by atoms with van der Waals surface area (Å²) < 4.78 is 0. The standard InChI is InChI=1S/C14H24N2O3/c1-14(13(18)19)5-9-16(10-6-14)12(17)11-3-7-15(2)8-4-11/h11H,3-10H2,1-2H3,(H,18,19). The zero-order valence-electron chi connectivity index (χ0n) is 11.9. The Morgan fingerprint density at radius 3 is 2.11 bits per heavy atom. The van der Waals surface area contributed by atoms with Gasteiger partial charge in [-0.2, -0.15) is 0 Å². The van der Waals surface area contributed by atoms with Crippen molar-refractivity contribution in [3.63, 3.8) is 0 Å². The molecule has 5 heteroatoms. The highest BCUT2D eigenvalue weighted by molar-refractivity contribution is 5.80. The highest BCUT2D eigenvalue weighted by Gasteiger charge is 2.39. The van der Waals surface area contributed by atoms with Crippen molar-refractivity contribution in [1.82, 2.24) is 9.80 Å². The fraction of sp³-hybridized carbons (Fsp3) is 0.857. The molecule has 0 atom stereocenters. The Morgan fingerprint density at radius 1 is 1.11 bits per heavy atom. The maximum absolute atomic E-state index is 12.4. The molecule has 0 aromatic carbocycles. The number of aliphatic carboxylic acids is 1. The van der Waals surface area contributed by atoms with Gasteiger partial charge in [0.2, 0.25) is 5.91 Å². The van der Waals surface area contributed by atoms with Gasteiger partial charge in [0.1, 0.15) is 0 Å². The number of carboxylic acid groups (broad SMARTS) is 1. The van der Waals surface area contributed by atoms with Crippen LogP contribution >= 0.6 is 0 Å². The van der Waals surface area contributed by atoms with Crippen molar-refractivity contribution >= 4 is 11.9 Å². The molecule has 2 aliphatic rings. The Bertz CT molecular complexity index is 354. The van der Waals surface area contributed by atoms with Gasteiger partial charge in [0.15, 0.2) is 0 Å². The third-order valence-corrected chi connectivity index (χ3v) is 4.76. The van der Waals surface area contributed by atoms with Crippen molar-refractivity contribution in [3.05, 3.63) is 0 Å². The topological polar surface area (TPSA) is 60.9 Å². The zero-order chi connectivity index (χ0) is 14.0. The zero-order valence-corrected chi connectivity index (χ0v) is 11.9. The quantitative estimate of drug-likeness (QED) is 0.813. The van der Waals surface area contributed by atoms with E-state index in [2.05, 4.69) is 11.9 Å². The molecule has 0 radical (unpaired) electrons. The molecule has 2 fully saturated rings. The second-order valence-corrected chi connectivity index (χ2v) is 6.27. The van der Waals surface area contributed by atoms with Crippen molar-refractivity contribution < 1.29 is 14.7 Å². The minimum Gasteiger partial charge on any atom is -0.481 e. The maximum atomic E-state index is 12.4. The van der Waals surface area contributed by atoms with Gasteiger partial charge in [-0.1, -0.05) is 0 Å². The average Bonchev–Trinajstić information content (AvgIpc) is 2.39.